The molecule has 2 N–H and O–H groups in total. The van der Waals surface area contributed by atoms with E-state index in [1.807, 2.05) is 26.0 Å². The molecular weight excluding hydrogens is 422 g/mol. The number of hydrogen-bond acceptors (Lipinski definition) is 4. The first-order valence-corrected chi connectivity index (χ1v) is 12.7. The van der Waals surface area contributed by atoms with Crippen LogP contribution in [0, 0.1) is 17.8 Å². The van der Waals surface area contributed by atoms with E-state index in [0.29, 0.717) is 35.6 Å². The number of hydrogen-bond donors (Lipinski definition) is 1. The highest BCUT2D eigenvalue weighted by molar-refractivity contribution is 6.06. The first-order chi connectivity index (χ1) is 16.2. The van der Waals surface area contributed by atoms with E-state index < -0.39 is 0 Å². The number of amidine groups is 1. The van der Waals surface area contributed by atoms with Crippen LogP contribution in [-0.2, 0) is 0 Å². The molecule has 0 radical (unpaired) electrons. The van der Waals surface area contributed by atoms with Crippen molar-refractivity contribution in [1.82, 2.24) is 0 Å². The van der Waals surface area contributed by atoms with Crippen LogP contribution in [0.2, 0.25) is 0 Å². The fourth-order valence-electron chi connectivity index (χ4n) is 4.05. The molecule has 0 amide bonds. The second kappa shape index (κ2) is 15.3. The lowest BCUT2D eigenvalue weighted by atomic mass is 9.88. The van der Waals surface area contributed by atoms with E-state index in [1.54, 1.807) is 18.3 Å². The average molecular weight is 468 g/mol. The summed E-state index contributed by atoms with van der Waals surface area (Å²) in [6.45, 7) is 17.4. The zero-order valence-electron chi connectivity index (χ0n) is 22.5. The van der Waals surface area contributed by atoms with E-state index in [-0.39, 0.29) is 5.92 Å². The molecule has 1 unspecified atom stereocenters. The molecule has 34 heavy (non-hydrogen) atoms. The third kappa shape index (κ3) is 8.92. The molecule has 1 aromatic rings. The number of allylic oxidation sites excluding steroid dienone is 1. The molecule has 0 heterocycles. The molecule has 0 aliphatic rings. The van der Waals surface area contributed by atoms with E-state index in [2.05, 4.69) is 46.5 Å². The van der Waals surface area contributed by atoms with Gasteiger partial charge < -0.3 is 10.5 Å². The van der Waals surface area contributed by atoms with Crippen LogP contribution in [-0.4, -0.2) is 24.4 Å². The van der Waals surface area contributed by atoms with Crippen LogP contribution >= 0.6 is 0 Å². The van der Waals surface area contributed by atoms with Gasteiger partial charge in [-0.1, -0.05) is 59.6 Å². The maximum absolute atomic E-state index is 11.4. The first kappa shape index (κ1) is 29.3. The molecule has 5 nitrogen and oxygen atoms in total. The van der Waals surface area contributed by atoms with E-state index in [9.17, 15) is 4.79 Å². The van der Waals surface area contributed by atoms with Crippen LogP contribution < -0.4 is 10.5 Å². The Labute approximate surface area is 207 Å². The van der Waals surface area contributed by atoms with Gasteiger partial charge >= 0.3 is 0 Å². The number of benzene rings is 1. The predicted molar refractivity (Wildman–Crippen MR) is 147 cm³/mol. The Morgan fingerprint density at radius 2 is 1.88 bits per heavy atom. The molecule has 0 fully saturated rings. The van der Waals surface area contributed by atoms with Gasteiger partial charge in [0.15, 0.2) is 0 Å². The minimum absolute atomic E-state index is 0.0833. The summed E-state index contributed by atoms with van der Waals surface area (Å²) >= 11 is 0. The number of aldehydes is 1. The average Bonchev–Trinajstić information content (AvgIpc) is 2.79. The van der Waals surface area contributed by atoms with Gasteiger partial charge in [0.1, 0.15) is 17.9 Å². The van der Waals surface area contributed by atoms with Crippen molar-refractivity contribution in [1.29, 1.82) is 0 Å². The van der Waals surface area contributed by atoms with Crippen molar-refractivity contribution < 1.29 is 9.53 Å². The SMILES string of the molecule is C\C=C/N=C(N)/C(=C(/N=C(C)C(CCCC)CC(C)C)c1ccc(C=O)cc1OCC)C(C)C. The predicted octanol–water partition coefficient (Wildman–Crippen LogP) is 7.47. The van der Waals surface area contributed by atoms with Gasteiger partial charge in [-0.3, -0.25) is 9.79 Å². The molecule has 0 saturated heterocycles. The summed E-state index contributed by atoms with van der Waals surface area (Å²) in [5.41, 5.74) is 10.6. The molecule has 0 aromatic heterocycles. The third-order valence-electron chi connectivity index (χ3n) is 5.71. The van der Waals surface area contributed by atoms with Gasteiger partial charge in [-0.25, -0.2) is 4.99 Å². The molecule has 0 saturated carbocycles. The Balaban J connectivity index is 3.92. The van der Waals surface area contributed by atoms with E-state index in [0.717, 1.165) is 48.1 Å². The monoisotopic (exact) mass is 467 g/mol. The standard InChI is InChI=1S/C29H45N3O2/c1-9-12-13-24(17-20(4)5)22(8)32-28(27(21(6)7)29(30)31-16-10-2)25-15-14-23(19-33)18-26(25)34-11-3/h10,14-16,18-21,24H,9,11-13,17H2,1-8H3,(H2,30,31)/b16-10-,28-27+,32-22?. The van der Waals surface area contributed by atoms with Gasteiger partial charge in [0.25, 0.3) is 0 Å². The van der Waals surface area contributed by atoms with E-state index in [1.165, 1.54) is 6.42 Å². The van der Waals surface area contributed by atoms with Crippen molar-refractivity contribution in [3.63, 3.8) is 0 Å². The number of ether oxygens (including phenoxy) is 1. The van der Waals surface area contributed by atoms with Gasteiger partial charge in [-0.2, -0.15) is 0 Å². The van der Waals surface area contributed by atoms with E-state index >= 15 is 0 Å². The van der Waals surface area contributed by atoms with Crippen molar-refractivity contribution in [3.05, 3.63) is 47.2 Å². The summed E-state index contributed by atoms with van der Waals surface area (Å²) in [4.78, 5) is 21.1. The normalized spacial score (nSPS) is 14.6. The van der Waals surface area contributed by atoms with Crippen LogP contribution in [0.5, 0.6) is 5.75 Å². The fraction of sp³-hybridized carbons (Fsp3) is 0.552. The highest BCUT2D eigenvalue weighted by Crippen LogP contribution is 2.34. The number of nitrogens with two attached hydrogens (primary N) is 1. The molecule has 0 spiro atoms. The van der Waals surface area contributed by atoms with Crippen LogP contribution in [0.4, 0.5) is 0 Å². The lowest BCUT2D eigenvalue weighted by Crippen LogP contribution is -2.21. The zero-order chi connectivity index (χ0) is 25.7. The smallest absolute Gasteiger partial charge is 0.150 e. The minimum Gasteiger partial charge on any atom is -0.493 e. The van der Waals surface area contributed by atoms with Crippen molar-refractivity contribution in [3.8, 4) is 5.75 Å². The Bertz CT molecular complexity index is 908. The summed E-state index contributed by atoms with van der Waals surface area (Å²) in [6, 6.07) is 5.49. The van der Waals surface area contributed by atoms with Crippen molar-refractivity contribution in [2.24, 2.45) is 33.5 Å². The zero-order valence-corrected chi connectivity index (χ0v) is 22.5. The number of rotatable bonds is 14. The van der Waals surface area contributed by atoms with Gasteiger partial charge in [0.05, 0.1) is 12.3 Å². The third-order valence-corrected chi connectivity index (χ3v) is 5.71. The van der Waals surface area contributed by atoms with Gasteiger partial charge in [0.2, 0.25) is 0 Å². The molecule has 1 rings (SSSR count). The largest absolute Gasteiger partial charge is 0.493 e. The van der Waals surface area contributed by atoms with Gasteiger partial charge in [-0.05, 0) is 63.5 Å². The van der Waals surface area contributed by atoms with Crippen LogP contribution in [0.1, 0.15) is 97.0 Å². The minimum atomic E-state index is 0.0833. The number of unbranched alkanes of at least 4 members (excludes halogenated alkanes) is 1. The maximum atomic E-state index is 11.4. The molecule has 5 heteroatoms. The molecule has 0 aliphatic heterocycles. The highest BCUT2D eigenvalue weighted by atomic mass is 16.5. The Morgan fingerprint density at radius 1 is 1.18 bits per heavy atom. The quantitative estimate of drug-likeness (QED) is 0.175. The van der Waals surface area contributed by atoms with Crippen LogP contribution in [0.25, 0.3) is 5.70 Å². The summed E-state index contributed by atoms with van der Waals surface area (Å²) in [6.07, 6.45) is 8.91. The highest BCUT2D eigenvalue weighted by Gasteiger charge is 2.22. The Kier molecular flexibility index (Phi) is 13.2. The van der Waals surface area contributed by atoms with Crippen molar-refractivity contribution >= 4 is 23.5 Å². The van der Waals surface area contributed by atoms with Crippen LogP contribution in [0.15, 0.2) is 46.0 Å². The molecule has 0 bridgehead atoms. The number of carbonyl (C=O) groups excluding carboxylic acids is 1. The molecule has 188 valence electrons. The topological polar surface area (TPSA) is 77.0 Å². The summed E-state index contributed by atoms with van der Waals surface area (Å²) in [5, 5.41) is 0. The second-order valence-corrected chi connectivity index (χ2v) is 9.44. The molecule has 1 aromatic carbocycles. The number of aliphatic imine (C=N–C) groups is 2. The molecular formula is C29H45N3O2. The first-order valence-electron chi connectivity index (χ1n) is 12.7. The summed E-state index contributed by atoms with van der Waals surface area (Å²) < 4.78 is 5.97. The van der Waals surface area contributed by atoms with Gasteiger partial charge in [-0.15, -0.1) is 0 Å². The van der Waals surface area contributed by atoms with Crippen molar-refractivity contribution in [2.75, 3.05) is 6.61 Å². The lowest BCUT2D eigenvalue weighted by Gasteiger charge is -2.22. The van der Waals surface area contributed by atoms with E-state index in [4.69, 9.17) is 15.5 Å². The second-order valence-electron chi connectivity index (χ2n) is 9.44. The van der Waals surface area contributed by atoms with Crippen molar-refractivity contribution in [2.45, 2.75) is 81.1 Å². The van der Waals surface area contributed by atoms with Crippen LogP contribution in [0.3, 0.4) is 0 Å². The Hall–Kier alpha value is -2.69. The summed E-state index contributed by atoms with van der Waals surface area (Å²) in [5.74, 6) is 2.12. The molecule has 1 atom stereocenters. The summed E-state index contributed by atoms with van der Waals surface area (Å²) in [7, 11) is 0. The van der Waals surface area contributed by atoms with Gasteiger partial charge in [0, 0.05) is 28.6 Å². The lowest BCUT2D eigenvalue weighted by molar-refractivity contribution is 0.112. The fourth-order valence-corrected chi connectivity index (χ4v) is 4.05. The maximum Gasteiger partial charge on any atom is 0.150 e. The number of carbonyl (C=O) groups is 1. The molecule has 0 aliphatic carbocycles. The Morgan fingerprint density at radius 3 is 2.41 bits per heavy atom. The number of nitrogens with zero attached hydrogens (tertiary/aromatic N) is 2.